The van der Waals surface area contributed by atoms with Gasteiger partial charge in [-0.2, -0.15) is 0 Å². The third-order valence-corrected chi connectivity index (χ3v) is 20.2. The van der Waals surface area contributed by atoms with Gasteiger partial charge in [0, 0.05) is 65.6 Å². The lowest BCUT2D eigenvalue weighted by Crippen LogP contribution is -2.56. The molecule has 0 atom stereocenters. The first kappa shape index (κ1) is 65.8. The molecule has 0 bridgehead atoms. The molecule has 0 aliphatic heterocycles. The highest BCUT2D eigenvalue weighted by atomic mass is 15.2. The van der Waals surface area contributed by atoms with Crippen LogP contribution in [0.4, 0.5) is 34.1 Å². The van der Waals surface area contributed by atoms with Crippen LogP contribution in [0.3, 0.4) is 0 Å². The Morgan fingerprint density at radius 2 is 0.531 bits per heavy atom. The van der Waals surface area contributed by atoms with Crippen molar-refractivity contribution in [2.24, 2.45) is 0 Å². The maximum Gasteiger partial charge on any atom is 0.115 e. The summed E-state index contributed by atoms with van der Waals surface area (Å²) in [5.41, 5.74) is 12.4. The second-order valence-electron chi connectivity index (χ2n) is 27.7. The molecule has 0 saturated heterocycles. The highest BCUT2D eigenvalue weighted by Crippen LogP contribution is 2.53. The standard InChI is InChI=1S/C74H38B20N4/c1-73(2,3)27-15-19-39(35(23-27)47-49(75)53(79)57(83)54(80)50(47)76)95(71-65(91)61(87)59(85)62(88)66(71)92)41-21-17-29-33-25-44-34(26-43(33)97-37-13-9-7-11-31(37)45(41)69(29)97)30-18-22-42(46-32-12-8-10-14-38(32)98(44)70(30)46)96(72-67(93)63(89)60(86)64(90)68(72)94)40-20-16-28(74(4,5)6)24-36(40)48-51(77)55(81)58(84)56(82)52(48)78/h7-26H,1-6H3. The van der Waals surface area contributed by atoms with Gasteiger partial charge in [-0.25, -0.2) is 0 Å². The van der Waals surface area contributed by atoms with Crippen LogP contribution in [0, 0.1) is 0 Å². The molecule has 0 fully saturated rings. The molecule has 4 heterocycles. The Balaban J connectivity index is 1.05. The number of rotatable bonds is 8. The van der Waals surface area contributed by atoms with Crippen LogP contribution in [-0.2, 0) is 10.8 Å². The number of hydrogen-bond acceptors (Lipinski definition) is 2. The number of anilines is 6. The SMILES string of the molecule is [B]c1c([B])c([B])c(-c2cc(C(C)(C)C)ccc2N(c2c([B])c([B])c([B])c([B])c2[B])c2ccc3c4cc5c(cc4n4c6ccccc6c2c34)c2ccc(N(c3ccc(C(C)(C)C)cc3-c3c([B])c([B])c([B])c([B])c3[B])c3c([B])c([B])c([B])c([B])c3[B])c3c4ccccc4n5c23)c([B])c1[B]. The summed E-state index contributed by atoms with van der Waals surface area (Å²) in [6.45, 7) is 12.6. The molecule has 15 aromatic rings. The molecule has 24 heteroatoms. The van der Waals surface area contributed by atoms with E-state index in [0.717, 1.165) is 87.3 Å². The second kappa shape index (κ2) is 22.7. The fourth-order valence-corrected chi connectivity index (χ4v) is 14.8. The molecule has 98 heavy (non-hydrogen) atoms. The number of fused-ring (bicyclic) bond motifs is 12. The molecule has 0 aliphatic carbocycles. The van der Waals surface area contributed by atoms with Gasteiger partial charge in [-0.1, -0.05) is 146 Å². The van der Waals surface area contributed by atoms with Crippen molar-refractivity contribution in [3.05, 3.63) is 132 Å². The molecule has 0 aliphatic rings. The molecule has 4 nitrogen and oxygen atoms in total. The van der Waals surface area contributed by atoms with Crippen molar-refractivity contribution in [3.63, 3.8) is 0 Å². The summed E-state index contributed by atoms with van der Waals surface area (Å²) in [4.78, 5) is 3.89. The fourth-order valence-electron chi connectivity index (χ4n) is 14.8. The van der Waals surface area contributed by atoms with Crippen LogP contribution < -0.4 is 119 Å². The Kier molecular flexibility index (Phi) is 15.3. The highest BCUT2D eigenvalue weighted by Gasteiger charge is 2.34. The molecule has 15 rings (SSSR count). The molecule has 40 radical (unpaired) electrons. The van der Waals surface area contributed by atoms with Gasteiger partial charge in [-0.3, -0.25) is 0 Å². The molecular weight excluding hydrogens is 1160 g/mol. The van der Waals surface area contributed by atoms with Gasteiger partial charge >= 0.3 is 0 Å². The summed E-state index contributed by atoms with van der Waals surface area (Å²) in [7, 11) is 137. The molecule has 11 aromatic carbocycles. The third kappa shape index (κ3) is 9.12. The quantitative estimate of drug-likeness (QED) is 0.149. The van der Waals surface area contributed by atoms with Crippen LogP contribution in [-0.4, -0.2) is 166 Å². The van der Waals surface area contributed by atoms with E-state index in [0.29, 0.717) is 45.0 Å². The zero-order valence-corrected chi connectivity index (χ0v) is 54.9. The molecule has 0 saturated carbocycles. The van der Waals surface area contributed by atoms with Gasteiger partial charge in [0.2, 0.25) is 0 Å². The van der Waals surface area contributed by atoms with Crippen molar-refractivity contribution >= 4 is 376 Å². The van der Waals surface area contributed by atoms with Crippen LogP contribution in [0.2, 0.25) is 0 Å². The van der Waals surface area contributed by atoms with E-state index in [4.69, 9.17) is 157 Å². The average molecular weight is 1200 g/mol. The average Bonchev–Trinajstić information content (AvgIpc) is 1.50. The van der Waals surface area contributed by atoms with E-state index in [1.165, 1.54) is 0 Å². The molecule has 0 unspecified atom stereocenters. The van der Waals surface area contributed by atoms with Crippen molar-refractivity contribution in [1.29, 1.82) is 0 Å². The fraction of sp³-hybridized carbons (Fsp3) is 0.108. The van der Waals surface area contributed by atoms with Gasteiger partial charge in [-0.05, 0) is 93.7 Å². The first-order valence-electron chi connectivity index (χ1n) is 31.6. The molecule has 0 spiro atoms. The van der Waals surface area contributed by atoms with E-state index in [9.17, 15) is 0 Å². The number of nitrogens with zero attached hydrogens (tertiary/aromatic N) is 4. The first-order chi connectivity index (χ1) is 46.3. The summed E-state index contributed by atoms with van der Waals surface area (Å²) in [6, 6.07) is 41.2. The summed E-state index contributed by atoms with van der Waals surface area (Å²) in [5.74, 6) is 0. The minimum atomic E-state index is -0.390. The van der Waals surface area contributed by atoms with Gasteiger partial charge < -0.3 is 18.6 Å². The van der Waals surface area contributed by atoms with Crippen molar-refractivity contribution in [3.8, 4) is 22.3 Å². The molecule has 414 valence electrons. The van der Waals surface area contributed by atoms with Gasteiger partial charge in [0.15, 0.2) is 0 Å². The predicted octanol–water partition coefficient (Wildman–Crippen LogP) is -3.27. The van der Waals surface area contributed by atoms with E-state index in [1.54, 1.807) is 0 Å². The van der Waals surface area contributed by atoms with Crippen LogP contribution in [0.1, 0.15) is 52.7 Å². The van der Waals surface area contributed by atoms with E-state index in [1.807, 2.05) is 82.6 Å². The monoisotopic (exact) mass is 1200 g/mol. The summed E-state index contributed by atoms with van der Waals surface area (Å²) in [6.07, 6.45) is 0. The van der Waals surface area contributed by atoms with Crippen molar-refractivity contribution in [1.82, 2.24) is 8.80 Å². The Bertz CT molecular complexity index is 5580. The minimum Gasteiger partial charge on any atom is -0.310 e. The number of hydrogen-bond donors (Lipinski definition) is 0. The normalized spacial score (nSPS) is 12.4. The maximum absolute atomic E-state index is 7.22. The molecule has 0 N–H and O–H groups in total. The van der Waals surface area contributed by atoms with Crippen LogP contribution in [0.5, 0.6) is 0 Å². The zero-order valence-electron chi connectivity index (χ0n) is 54.9. The van der Waals surface area contributed by atoms with E-state index < -0.39 is 10.8 Å². The molecule has 4 aromatic heterocycles. The zero-order chi connectivity index (χ0) is 70.0. The minimum absolute atomic E-state index is 0.0370. The maximum atomic E-state index is 7.22. The smallest absolute Gasteiger partial charge is 0.115 e. The summed E-state index contributed by atoms with van der Waals surface area (Å²) in [5, 5.41) is 7.21. The number of benzene rings is 11. The Hall–Kier alpha value is -8.08. The molecular formula is C74H38B20N4. The van der Waals surface area contributed by atoms with Gasteiger partial charge in [0.1, 0.15) is 157 Å². The Morgan fingerprint density at radius 1 is 0.255 bits per heavy atom. The summed E-state index contributed by atoms with van der Waals surface area (Å²) < 4.78 is 4.60. The lowest BCUT2D eigenvalue weighted by atomic mass is 9.59. The second-order valence-corrected chi connectivity index (χ2v) is 27.7. The van der Waals surface area contributed by atoms with Gasteiger partial charge in [0.05, 0.1) is 55.8 Å². The van der Waals surface area contributed by atoms with E-state index >= 15 is 0 Å². The van der Waals surface area contributed by atoms with Crippen LogP contribution in [0.25, 0.3) is 98.4 Å². The largest absolute Gasteiger partial charge is 0.310 e. The van der Waals surface area contributed by atoms with Crippen LogP contribution >= 0.6 is 0 Å². The lowest BCUT2D eigenvalue weighted by molar-refractivity contribution is 0.590. The summed E-state index contributed by atoms with van der Waals surface area (Å²) >= 11 is 0. The van der Waals surface area contributed by atoms with E-state index in [2.05, 4.69) is 98.9 Å². The van der Waals surface area contributed by atoms with Gasteiger partial charge in [0.25, 0.3) is 0 Å². The lowest BCUT2D eigenvalue weighted by Gasteiger charge is -2.36. The number of para-hydroxylation sites is 2. The Labute approximate surface area is 598 Å². The van der Waals surface area contributed by atoms with Crippen LogP contribution in [0.15, 0.2) is 121 Å². The highest BCUT2D eigenvalue weighted by molar-refractivity contribution is 6.73. The third-order valence-electron chi connectivity index (χ3n) is 20.2. The van der Waals surface area contributed by atoms with Crippen molar-refractivity contribution < 1.29 is 0 Å². The molecule has 0 amide bonds. The number of aromatic nitrogens is 2. The van der Waals surface area contributed by atoms with E-state index in [-0.39, 0.29) is 121 Å². The topological polar surface area (TPSA) is 15.3 Å². The first-order valence-corrected chi connectivity index (χ1v) is 31.6. The van der Waals surface area contributed by atoms with Crippen molar-refractivity contribution in [2.45, 2.75) is 52.4 Å². The predicted molar refractivity (Wildman–Crippen MR) is 441 cm³/mol. The van der Waals surface area contributed by atoms with Crippen molar-refractivity contribution in [2.75, 3.05) is 9.80 Å². The Morgan fingerprint density at radius 3 is 0.837 bits per heavy atom. The van der Waals surface area contributed by atoms with Gasteiger partial charge in [-0.15, -0.1) is 65.6 Å².